The predicted octanol–water partition coefficient (Wildman–Crippen LogP) is 3.04. The molecule has 16 heavy (non-hydrogen) atoms. The minimum absolute atomic E-state index is 0.265. The van der Waals surface area contributed by atoms with Gasteiger partial charge in [0, 0.05) is 24.7 Å². The molecule has 0 spiro atoms. The Morgan fingerprint density at radius 2 is 1.94 bits per heavy atom. The average Bonchev–Trinajstić information content (AvgIpc) is 2.33. The van der Waals surface area contributed by atoms with E-state index in [1.807, 2.05) is 0 Å². The van der Waals surface area contributed by atoms with E-state index in [0.29, 0.717) is 0 Å². The van der Waals surface area contributed by atoms with Crippen molar-refractivity contribution in [1.29, 1.82) is 5.26 Å². The summed E-state index contributed by atoms with van der Waals surface area (Å²) in [4.78, 5) is 2.41. The Bertz CT molecular complexity index is 409. The first kappa shape index (κ1) is 11.0. The second-order valence-electron chi connectivity index (χ2n) is 4.61. The predicted molar refractivity (Wildman–Crippen MR) is 66.5 cm³/mol. The highest BCUT2D eigenvalue weighted by Gasteiger charge is 2.19. The Morgan fingerprint density at radius 1 is 1.25 bits per heavy atom. The third kappa shape index (κ3) is 2.04. The van der Waals surface area contributed by atoms with Crippen LogP contribution in [-0.2, 0) is 0 Å². The van der Waals surface area contributed by atoms with Gasteiger partial charge >= 0.3 is 0 Å². The molecular formula is C14H18N2. The number of nitriles is 1. The summed E-state index contributed by atoms with van der Waals surface area (Å²) in [6, 6.07) is 8.84. The van der Waals surface area contributed by atoms with Crippen LogP contribution in [0.2, 0.25) is 0 Å². The molecule has 0 aromatic heterocycles. The zero-order chi connectivity index (χ0) is 11.5. The van der Waals surface area contributed by atoms with Gasteiger partial charge in [-0.3, -0.25) is 0 Å². The Kier molecular flexibility index (Phi) is 3.14. The number of nitrogens with zero attached hydrogens (tertiary/aromatic N) is 2. The first-order valence-corrected chi connectivity index (χ1v) is 5.93. The molecule has 0 bridgehead atoms. The summed E-state index contributed by atoms with van der Waals surface area (Å²) in [5.41, 5.74) is 4.06. The molecule has 1 heterocycles. The third-order valence-corrected chi connectivity index (χ3v) is 3.59. The van der Waals surface area contributed by atoms with Gasteiger partial charge in [-0.25, -0.2) is 0 Å². The Labute approximate surface area is 97.5 Å². The molecular weight excluding hydrogens is 196 g/mol. The van der Waals surface area contributed by atoms with E-state index in [-0.39, 0.29) is 5.92 Å². The van der Waals surface area contributed by atoms with Gasteiger partial charge in [0.15, 0.2) is 0 Å². The van der Waals surface area contributed by atoms with Gasteiger partial charge in [-0.2, -0.15) is 5.26 Å². The van der Waals surface area contributed by atoms with Crippen LogP contribution in [0.4, 0.5) is 5.69 Å². The molecule has 1 saturated heterocycles. The normalized spacial score (nSPS) is 17.2. The molecule has 0 radical (unpaired) electrons. The summed E-state index contributed by atoms with van der Waals surface area (Å²) in [5.74, 6) is 0.265. The Morgan fingerprint density at radius 3 is 2.56 bits per heavy atom. The van der Waals surface area contributed by atoms with Gasteiger partial charge in [-0.15, -0.1) is 0 Å². The van der Waals surface area contributed by atoms with Crippen LogP contribution in [-0.4, -0.2) is 13.1 Å². The Balaban J connectivity index is 2.15. The number of piperidine rings is 1. The molecule has 0 aliphatic carbocycles. The molecule has 1 aliphatic heterocycles. The van der Waals surface area contributed by atoms with Crippen molar-refractivity contribution in [3.05, 3.63) is 29.3 Å². The lowest BCUT2D eigenvalue weighted by molar-refractivity contribution is 0.487. The minimum atomic E-state index is 0.265. The minimum Gasteiger partial charge on any atom is -0.371 e. The lowest BCUT2D eigenvalue weighted by atomic mass is 9.97. The third-order valence-electron chi connectivity index (χ3n) is 3.59. The maximum absolute atomic E-state index is 8.88. The fourth-order valence-electron chi connectivity index (χ4n) is 2.33. The highest BCUT2D eigenvalue weighted by atomic mass is 15.1. The second kappa shape index (κ2) is 4.57. The van der Waals surface area contributed by atoms with Crippen molar-refractivity contribution in [3.63, 3.8) is 0 Å². The van der Waals surface area contributed by atoms with Crippen molar-refractivity contribution in [1.82, 2.24) is 0 Å². The second-order valence-corrected chi connectivity index (χ2v) is 4.61. The van der Waals surface area contributed by atoms with Crippen LogP contribution in [0.1, 0.15) is 24.0 Å². The molecule has 0 unspecified atom stereocenters. The van der Waals surface area contributed by atoms with Gasteiger partial charge in [-0.1, -0.05) is 12.1 Å². The molecule has 0 saturated carbocycles. The number of aryl methyl sites for hydroxylation is 1. The molecule has 0 N–H and O–H groups in total. The molecule has 2 nitrogen and oxygen atoms in total. The number of rotatable bonds is 1. The standard InChI is InChI=1S/C14H18N2/c1-11-4-3-5-14(12(11)2)16-8-6-13(10-15)7-9-16/h3-5,13H,6-9H2,1-2H3. The first-order chi connectivity index (χ1) is 7.72. The van der Waals surface area contributed by atoms with Crippen LogP contribution in [0.5, 0.6) is 0 Å². The lowest BCUT2D eigenvalue weighted by Crippen LogP contribution is -2.33. The van der Waals surface area contributed by atoms with E-state index in [1.165, 1.54) is 16.8 Å². The number of hydrogen-bond acceptors (Lipinski definition) is 2. The molecule has 1 fully saturated rings. The lowest BCUT2D eigenvalue weighted by Gasteiger charge is -2.32. The number of hydrogen-bond donors (Lipinski definition) is 0. The molecule has 1 aromatic rings. The maximum Gasteiger partial charge on any atom is 0.0657 e. The zero-order valence-electron chi connectivity index (χ0n) is 10.0. The first-order valence-electron chi connectivity index (χ1n) is 5.93. The maximum atomic E-state index is 8.88. The fourth-order valence-corrected chi connectivity index (χ4v) is 2.33. The molecule has 0 amide bonds. The van der Waals surface area contributed by atoms with Gasteiger partial charge in [0.05, 0.1) is 6.07 Å². The quantitative estimate of drug-likeness (QED) is 0.718. The van der Waals surface area contributed by atoms with Crippen LogP contribution in [0.15, 0.2) is 18.2 Å². The molecule has 0 atom stereocenters. The summed E-state index contributed by atoms with van der Waals surface area (Å²) < 4.78 is 0. The van der Waals surface area contributed by atoms with Crippen molar-refractivity contribution in [3.8, 4) is 6.07 Å². The van der Waals surface area contributed by atoms with Gasteiger partial charge in [0.2, 0.25) is 0 Å². The van der Waals surface area contributed by atoms with E-state index < -0.39 is 0 Å². The zero-order valence-corrected chi connectivity index (χ0v) is 10.0. The van der Waals surface area contributed by atoms with E-state index in [4.69, 9.17) is 5.26 Å². The Hall–Kier alpha value is -1.49. The van der Waals surface area contributed by atoms with Gasteiger partial charge in [0.1, 0.15) is 0 Å². The summed E-state index contributed by atoms with van der Waals surface area (Å²) in [7, 11) is 0. The van der Waals surface area contributed by atoms with Gasteiger partial charge in [-0.05, 0) is 43.9 Å². The molecule has 2 heteroatoms. The molecule has 1 aromatic carbocycles. The van der Waals surface area contributed by atoms with Crippen molar-refractivity contribution >= 4 is 5.69 Å². The topological polar surface area (TPSA) is 27.0 Å². The van der Waals surface area contributed by atoms with E-state index >= 15 is 0 Å². The summed E-state index contributed by atoms with van der Waals surface area (Å²) in [6.45, 7) is 6.37. The molecule has 84 valence electrons. The number of anilines is 1. The molecule has 1 aliphatic rings. The van der Waals surface area contributed by atoms with E-state index in [2.05, 4.69) is 43.0 Å². The van der Waals surface area contributed by atoms with E-state index in [9.17, 15) is 0 Å². The van der Waals surface area contributed by atoms with Crippen LogP contribution in [0, 0.1) is 31.1 Å². The van der Waals surface area contributed by atoms with Crippen LogP contribution in [0.25, 0.3) is 0 Å². The SMILES string of the molecule is Cc1cccc(N2CCC(C#N)CC2)c1C. The summed E-state index contributed by atoms with van der Waals surface area (Å²) in [5, 5.41) is 8.88. The smallest absolute Gasteiger partial charge is 0.0657 e. The fraction of sp³-hybridized carbons (Fsp3) is 0.500. The number of benzene rings is 1. The molecule has 2 rings (SSSR count). The monoisotopic (exact) mass is 214 g/mol. The van der Waals surface area contributed by atoms with Gasteiger partial charge in [0.25, 0.3) is 0 Å². The van der Waals surface area contributed by atoms with Crippen molar-refractivity contribution in [2.45, 2.75) is 26.7 Å². The largest absolute Gasteiger partial charge is 0.371 e. The van der Waals surface area contributed by atoms with Crippen molar-refractivity contribution in [2.75, 3.05) is 18.0 Å². The highest BCUT2D eigenvalue weighted by molar-refractivity contribution is 5.56. The van der Waals surface area contributed by atoms with E-state index in [0.717, 1.165) is 25.9 Å². The van der Waals surface area contributed by atoms with Crippen LogP contribution < -0.4 is 4.90 Å². The van der Waals surface area contributed by atoms with Crippen LogP contribution >= 0.6 is 0 Å². The highest BCUT2D eigenvalue weighted by Crippen LogP contribution is 2.27. The van der Waals surface area contributed by atoms with E-state index in [1.54, 1.807) is 0 Å². The van der Waals surface area contributed by atoms with Crippen molar-refractivity contribution in [2.24, 2.45) is 5.92 Å². The average molecular weight is 214 g/mol. The van der Waals surface area contributed by atoms with Crippen LogP contribution in [0.3, 0.4) is 0 Å². The van der Waals surface area contributed by atoms with Gasteiger partial charge < -0.3 is 4.90 Å². The van der Waals surface area contributed by atoms with Crippen molar-refractivity contribution < 1.29 is 0 Å². The summed E-state index contributed by atoms with van der Waals surface area (Å²) >= 11 is 0. The summed E-state index contributed by atoms with van der Waals surface area (Å²) in [6.07, 6.45) is 2.01.